The van der Waals surface area contributed by atoms with Gasteiger partial charge < -0.3 is 10.4 Å². The van der Waals surface area contributed by atoms with Crippen molar-refractivity contribution in [2.75, 3.05) is 0 Å². The third-order valence-corrected chi connectivity index (χ3v) is 2.49. The Morgan fingerprint density at radius 2 is 2.24 bits per heavy atom. The largest absolute Gasteiger partial charge is 0.480 e. The molecular weight excluding hydrogens is 222 g/mol. The zero-order chi connectivity index (χ0) is 12.8. The summed E-state index contributed by atoms with van der Waals surface area (Å²) in [6.07, 6.45) is 4.37. The van der Waals surface area contributed by atoms with Crippen molar-refractivity contribution in [3.63, 3.8) is 0 Å². The van der Waals surface area contributed by atoms with Crippen LogP contribution < -0.4 is 5.32 Å². The fourth-order valence-corrected chi connectivity index (χ4v) is 1.47. The molecule has 6 heteroatoms. The predicted octanol–water partition coefficient (Wildman–Crippen LogP) is 0.814. The lowest BCUT2D eigenvalue weighted by atomic mass is 10.1. The Morgan fingerprint density at radius 3 is 2.71 bits per heavy atom. The summed E-state index contributed by atoms with van der Waals surface area (Å²) in [5.74, 6) is -1.34. The summed E-state index contributed by atoms with van der Waals surface area (Å²) in [6.45, 7) is 3.55. The van der Waals surface area contributed by atoms with Gasteiger partial charge in [-0.1, -0.05) is 13.3 Å². The van der Waals surface area contributed by atoms with Gasteiger partial charge in [-0.3, -0.25) is 9.48 Å². The molecule has 1 amide bonds. The summed E-state index contributed by atoms with van der Waals surface area (Å²) >= 11 is 0. The predicted molar refractivity (Wildman–Crippen MR) is 61.4 cm³/mol. The Labute approximate surface area is 99.6 Å². The SMILES string of the molecule is CCC[C@@H](NC(=O)C(C)n1cccn1)C(=O)O. The first kappa shape index (κ1) is 13.2. The van der Waals surface area contributed by atoms with Gasteiger partial charge in [0.05, 0.1) is 0 Å². The number of nitrogens with one attached hydrogen (secondary N) is 1. The Kier molecular flexibility index (Phi) is 4.68. The maximum Gasteiger partial charge on any atom is 0.326 e. The number of hydrogen-bond donors (Lipinski definition) is 2. The zero-order valence-corrected chi connectivity index (χ0v) is 9.96. The highest BCUT2D eigenvalue weighted by Gasteiger charge is 2.22. The molecule has 2 N–H and O–H groups in total. The highest BCUT2D eigenvalue weighted by atomic mass is 16.4. The van der Waals surface area contributed by atoms with Gasteiger partial charge in [0.2, 0.25) is 5.91 Å². The Bertz CT molecular complexity index is 375. The van der Waals surface area contributed by atoms with Crippen molar-refractivity contribution < 1.29 is 14.7 Å². The van der Waals surface area contributed by atoms with Gasteiger partial charge >= 0.3 is 5.97 Å². The number of carbonyl (C=O) groups is 2. The average Bonchev–Trinajstić information content (AvgIpc) is 2.80. The number of aliphatic carboxylic acids is 1. The molecule has 2 atom stereocenters. The summed E-state index contributed by atoms with van der Waals surface area (Å²) in [7, 11) is 0. The van der Waals surface area contributed by atoms with Gasteiger partial charge in [0.25, 0.3) is 0 Å². The van der Waals surface area contributed by atoms with Crippen LogP contribution in [0.5, 0.6) is 0 Å². The van der Waals surface area contributed by atoms with Crippen LogP contribution in [-0.2, 0) is 9.59 Å². The van der Waals surface area contributed by atoms with Crippen LogP contribution in [-0.4, -0.2) is 32.8 Å². The van der Waals surface area contributed by atoms with Crippen molar-refractivity contribution in [3.8, 4) is 0 Å². The summed E-state index contributed by atoms with van der Waals surface area (Å²) in [6, 6.07) is 0.374. The number of carboxylic acids is 1. The smallest absolute Gasteiger partial charge is 0.326 e. The molecule has 0 saturated heterocycles. The Morgan fingerprint density at radius 1 is 1.53 bits per heavy atom. The molecule has 1 aromatic heterocycles. The van der Waals surface area contributed by atoms with E-state index in [0.717, 1.165) is 0 Å². The van der Waals surface area contributed by atoms with E-state index in [0.29, 0.717) is 12.8 Å². The van der Waals surface area contributed by atoms with Crippen LogP contribution in [0.2, 0.25) is 0 Å². The molecule has 0 saturated carbocycles. The summed E-state index contributed by atoms with van der Waals surface area (Å²) in [5.41, 5.74) is 0. The molecule has 0 radical (unpaired) electrons. The molecule has 0 aliphatic rings. The third-order valence-electron chi connectivity index (χ3n) is 2.49. The highest BCUT2D eigenvalue weighted by molar-refractivity contribution is 5.85. The quantitative estimate of drug-likeness (QED) is 0.769. The van der Waals surface area contributed by atoms with E-state index in [-0.39, 0.29) is 5.91 Å². The maximum absolute atomic E-state index is 11.8. The van der Waals surface area contributed by atoms with Crippen LogP contribution >= 0.6 is 0 Å². The van der Waals surface area contributed by atoms with E-state index in [9.17, 15) is 9.59 Å². The molecule has 0 bridgehead atoms. The number of carbonyl (C=O) groups excluding carboxylic acids is 1. The number of carboxylic acid groups (broad SMARTS) is 1. The highest BCUT2D eigenvalue weighted by Crippen LogP contribution is 2.05. The molecule has 1 rings (SSSR count). The second kappa shape index (κ2) is 6.03. The zero-order valence-electron chi connectivity index (χ0n) is 9.96. The van der Waals surface area contributed by atoms with Crippen LogP contribution in [0.3, 0.4) is 0 Å². The van der Waals surface area contributed by atoms with Crippen LogP contribution in [0, 0.1) is 0 Å². The first-order chi connectivity index (χ1) is 8.06. The van der Waals surface area contributed by atoms with Gasteiger partial charge in [0.1, 0.15) is 12.1 Å². The first-order valence-corrected chi connectivity index (χ1v) is 5.58. The maximum atomic E-state index is 11.8. The topological polar surface area (TPSA) is 84.2 Å². The van der Waals surface area contributed by atoms with Gasteiger partial charge in [0, 0.05) is 12.4 Å². The minimum Gasteiger partial charge on any atom is -0.480 e. The number of nitrogens with zero attached hydrogens (tertiary/aromatic N) is 2. The second-order valence-electron chi connectivity index (χ2n) is 3.85. The minimum absolute atomic E-state index is 0.338. The monoisotopic (exact) mass is 239 g/mol. The Balaban J connectivity index is 2.61. The molecule has 0 aromatic carbocycles. The molecule has 0 aliphatic carbocycles. The molecule has 6 nitrogen and oxygen atoms in total. The summed E-state index contributed by atoms with van der Waals surface area (Å²) < 4.78 is 1.49. The number of aromatic nitrogens is 2. The van der Waals surface area contributed by atoms with E-state index in [4.69, 9.17) is 5.11 Å². The van der Waals surface area contributed by atoms with E-state index in [1.165, 1.54) is 4.68 Å². The molecule has 94 valence electrons. The normalized spacial score (nSPS) is 14.0. The van der Waals surface area contributed by atoms with Gasteiger partial charge in [-0.15, -0.1) is 0 Å². The lowest BCUT2D eigenvalue weighted by Gasteiger charge is -2.17. The lowest BCUT2D eigenvalue weighted by Crippen LogP contribution is -2.43. The van der Waals surface area contributed by atoms with Crippen molar-refractivity contribution in [3.05, 3.63) is 18.5 Å². The minimum atomic E-state index is -1.01. The fourth-order valence-electron chi connectivity index (χ4n) is 1.47. The van der Waals surface area contributed by atoms with E-state index in [2.05, 4.69) is 10.4 Å². The molecule has 0 aliphatic heterocycles. The van der Waals surface area contributed by atoms with Crippen molar-refractivity contribution in [1.82, 2.24) is 15.1 Å². The number of hydrogen-bond acceptors (Lipinski definition) is 3. The number of amides is 1. The van der Waals surface area contributed by atoms with Gasteiger partial charge in [-0.05, 0) is 19.4 Å². The van der Waals surface area contributed by atoms with E-state index in [1.807, 2.05) is 6.92 Å². The molecule has 0 fully saturated rings. The first-order valence-electron chi connectivity index (χ1n) is 5.58. The van der Waals surface area contributed by atoms with Crippen molar-refractivity contribution in [2.24, 2.45) is 0 Å². The second-order valence-corrected chi connectivity index (χ2v) is 3.85. The average molecular weight is 239 g/mol. The molecule has 1 aromatic rings. The number of rotatable bonds is 6. The van der Waals surface area contributed by atoms with Gasteiger partial charge in [0.15, 0.2) is 0 Å². The summed E-state index contributed by atoms with van der Waals surface area (Å²) in [4.78, 5) is 22.7. The van der Waals surface area contributed by atoms with E-state index >= 15 is 0 Å². The molecule has 1 heterocycles. The third kappa shape index (κ3) is 3.58. The van der Waals surface area contributed by atoms with Crippen LogP contribution in [0.1, 0.15) is 32.7 Å². The molecule has 1 unspecified atom stereocenters. The van der Waals surface area contributed by atoms with Crippen LogP contribution in [0.15, 0.2) is 18.5 Å². The molecule has 17 heavy (non-hydrogen) atoms. The summed E-state index contributed by atoms with van der Waals surface area (Å²) in [5, 5.41) is 15.4. The van der Waals surface area contributed by atoms with E-state index < -0.39 is 18.1 Å². The van der Waals surface area contributed by atoms with Crippen LogP contribution in [0.4, 0.5) is 0 Å². The van der Waals surface area contributed by atoms with Gasteiger partial charge in [-0.2, -0.15) is 5.10 Å². The molecule has 0 spiro atoms. The van der Waals surface area contributed by atoms with Crippen molar-refractivity contribution in [1.29, 1.82) is 0 Å². The molecular formula is C11H17N3O3. The standard InChI is InChI=1S/C11H17N3O3/c1-3-5-9(11(16)17)13-10(15)8(2)14-7-4-6-12-14/h4,6-9H,3,5H2,1-2H3,(H,13,15)(H,16,17)/t8?,9-/m1/s1. The Hall–Kier alpha value is -1.85. The van der Waals surface area contributed by atoms with E-state index in [1.54, 1.807) is 25.4 Å². The van der Waals surface area contributed by atoms with Gasteiger partial charge in [-0.25, -0.2) is 4.79 Å². The van der Waals surface area contributed by atoms with Crippen LogP contribution in [0.25, 0.3) is 0 Å². The van der Waals surface area contributed by atoms with Crippen molar-refractivity contribution >= 4 is 11.9 Å². The van der Waals surface area contributed by atoms with Crippen molar-refractivity contribution in [2.45, 2.75) is 38.8 Å². The fraction of sp³-hybridized carbons (Fsp3) is 0.545. The lowest BCUT2D eigenvalue weighted by molar-refractivity contribution is -0.142.